The average Bonchev–Trinajstić information content (AvgIpc) is 2.99. The summed E-state index contributed by atoms with van der Waals surface area (Å²) in [6.07, 6.45) is 2.89. The van der Waals surface area contributed by atoms with Gasteiger partial charge >= 0.3 is 6.18 Å². The Kier molecular flexibility index (Phi) is 8.72. The van der Waals surface area contributed by atoms with Crippen LogP contribution in [0, 0.1) is 6.92 Å². The fourth-order valence-electron chi connectivity index (χ4n) is 5.33. The van der Waals surface area contributed by atoms with E-state index < -0.39 is 11.7 Å². The van der Waals surface area contributed by atoms with Crippen molar-refractivity contribution in [3.05, 3.63) is 90.0 Å². The quantitative estimate of drug-likeness (QED) is 0.226. The van der Waals surface area contributed by atoms with Gasteiger partial charge in [0.2, 0.25) is 5.95 Å². The van der Waals surface area contributed by atoms with Gasteiger partial charge in [0.1, 0.15) is 5.82 Å². The van der Waals surface area contributed by atoms with E-state index in [1.165, 1.54) is 12.1 Å². The third-order valence-corrected chi connectivity index (χ3v) is 7.85. The van der Waals surface area contributed by atoms with E-state index in [0.717, 1.165) is 60.8 Å². The second-order valence-corrected chi connectivity index (χ2v) is 11.0. The van der Waals surface area contributed by atoms with Crippen molar-refractivity contribution < 1.29 is 13.2 Å². The number of benzene rings is 1. The van der Waals surface area contributed by atoms with Crippen molar-refractivity contribution in [1.82, 2.24) is 24.8 Å². The Morgan fingerprint density at radius 1 is 0.929 bits per heavy atom. The second-order valence-electron chi connectivity index (χ2n) is 11.0. The summed E-state index contributed by atoms with van der Waals surface area (Å²) in [6.45, 7) is 8.91. The monoisotopic (exact) mass is 575 g/mol. The molecule has 7 nitrogen and oxygen atoms in total. The molecule has 0 amide bonds. The SMILES string of the molecule is Cc1cc(N(C)c2ccc(CN(c3nccc(-c4ccc(C(F)(F)F)cc4)n3)C3CCN(C(C)C)CC3)cn2)ccn1. The lowest BCUT2D eigenvalue weighted by Gasteiger charge is -2.40. The summed E-state index contributed by atoms with van der Waals surface area (Å²) in [6, 6.07) is 15.6. The van der Waals surface area contributed by atoms with Gasteiger partial charge in [0, 0.05) is 74.3 Å². The molecule has 1 aliphatic rings. The molecule has 5 rings (SSSR count). The molecule has 1 fully saturated rings. The number of piperidine rings is 1. The Labute approximate surface area is 245 Å². The zero-order valence-corrected chi connectivity index (χ0v) is 24.4. The van der Waals surface area contributed by atoms with Gasteiger partial charge in [-0.3, -0.25) is 4.98 Å². The van der Waals surface area contributed by atoms with Crippen molar-refractivity contribution in [3.8, 4) is 11.3 Å². The van der Waals surface area contributed by atoms with Gasteiger partial charge in [0.15, 0.2) is 0 Å². The molecule has 10 heteroatoms. The summed E-state index contributed by atoms with van der Waals surface area (Å²) in [5.41, 5.74) is 3.48. The Hall–Kier alpha value is -4.05. The Bertz CT molecular complexity index is 1460. The van der Waals surface area contributed by atoms with E-state index in [4.69, 9.17) is 9.97 Å². The van der Waals surface area contributed by atoms with E-state index in [1.54, 1.807) is 18.5 Å². The van der Waals surface area contributed by atoms with Crippen LogP contribution in [-0.2, 0) is 12.7 Å². The third kappa shape index (κ3) is 6.87. The minimum atomic E-state index is -4.38. The van der Waals surface area contributed by atoms with Crippen LogP contribution in [0.1, 0.15) is 43.5 Å². The lowest BCUT2D eigenvalue weighted by molar-refractivity contribution is -0.137. The molecule has 0 saturated carbocycles. The van der Waals surface area contributed by atoms with Crippen LogP contribution in [0.5, 0.6) is 0 Å². The molecule has 0 aliphatic carbocycles. The molecule has 0 atom stereocenters. The van der Waals surface area contributed by atoms with Gasteiger partial charge in [-0.05, 0) is 75.6 Å². The number of rotatable bonds is 8. The summed E-state index contributed by atoms with van der Waals surface area (Å²) in [4.78, 5) is 25.2. The fourth-order valence-corrected chi connectivity index (χ4v) is 5.33. The number of likely N-dealkylation sites (tertiary alicyclic amines) is 1. The van der Waals surface area contributed by atoms with E-state index >= 15 is 0 Å². The third-order valence-electron chi connectivity index (χ3n) is 7.85. The van der Waals surface area contributed by atoms with Crippen LogP contribution >= 0.6 is 0 Å². The van der Waals surface area contributed by atoms with Gasteiger partial charge < -0.3 is 14.7 Å². The van der Waals surface area contributed by atoms with Crippen LogP contribution < -0.4 is 9.80 Å². The number of hydrogen-bond donors (Lipinski definition) is 0. The first-order valence-corrected chi connectivity index (χ1v) is 14.2. The maximum absolute atomic E-state index is 13.1. The first-order chi connectivity index (χ1) is 20.1. The normalized spacial score (nSPS) is 14.8. The van der Waals surface area contributed by atoms with Crippen LogP contribution in [0.4, 0.5) is 30.6 Å². The van der Waals surface area contributed by atoms with Crippen LogP contribution in [0.25, 0.3) is 11.3 Å². The zero-order valence-electron chi connectivity index (χ0n) is 24.4. The highest BCUT2D eigenvalue weighted by Gasteiger charge is 2.30. The summed E-state index contributed by atoms with van der Waals surface area (Å²) in [7, 11) is 1.98. The summed E-state index contributed by atoms with van der Waals surface area (Å²) >= 11 is 0. The number of aromatic nitrogens is 4. The molecule has 4 aromatic rings. The van der Waals surface area contributed by atoms with Crippen molar-refractivity contribution in [3.63, 3.8) is 0 Å². The van der Waals surface area contributed by atoms with Crippen molar-refractivity contribution in [2.75, 3.05) is 29.9 Å². The summed E-state index contributed by atoms with van der Waals surface area (Å²) in [5, 5.41) is 0. The number of alkyl halides is 3. The first kappa shape index (κ1) is 29.4. The zero-order chi connectivity index (χ0) is 29.9. The van der Waals surface area contributed by atoms with Gasteiger partial charge in [-0.1, -0.05) is 18.2 Å². The first-order valence-electron chi connectivity index (χ1n) is 14.2. The minimum absolute atomic E-state index is 0.213. The van der Waals surface area contributed by atoms with Gasteiger partial charge in [-0.15, -0.1) is 0 Å². The summed E-state index contributed by atoms with van der Waals surface area (Å²) < 4.78 is 39.3. The average molecular weight is 576 g/mol. The predicted molar refractivity (Wildman–Crippen MR) is 160 cm³/mol. The largest absolute Gasteiger partial charge is 0.416 e. The van der Waals surface area contributed by atoms with Crippen LogP contribution in [-0.4, -0.2) is 57.1 Å². The molecule has 0 N–H and O–H groups in total. The molecule has 1 aromatic carbocycles. The molecule has 0 radical (unpaired) electrons. The molecule has 4 heterocycles. The molecule has 0 spiro atoms. The Balaban J connectivity index is 1.41. The molecule has 42 heavy (non-hydrogen) atoms. The molecule has 0 unspecified atom stereocenters. The number of halogens is 3. The van der Waals surface area contributed by atoms with Crippen molar-refractivity contribution >= 4 is 17.5 Å². The van der Waals surface area contributed by atoms with Gasteiger partial charge in [0.05, 0.1) is 11.3 Å². The van der Waals surface area contributed by atoms with Crippen LogP contribution in [0.15, 0.2) is 73.2 Å². The molecule has 220 valence electrons. The molecular weight excluding hydrogens is 539 g/mol. The number of nitrogens with zero attached hydrogens (tertiary/aromatic N) is 7. The second kappa shape index (κ2) is 12.4. The Morgan fingerprint density at radius 3 is 2.26 bits per heavy atom. The number of anilines is 3. The van der Waals surface area contributed by atoms with Gasteiger partial charge in [0.25, 0.3) is 0 Å². The highest BCUT2D eigenvalue weighted by Crippen LogP contribution is 2.32. The number of hydrogen-bond acceptors (Lipinski definition) is 7. The maximum Gasteiger partial charge on any atom is 0.416 e. The maximum atomic E-state index is 13.1. The van der Waals surface area contributed by atoms with Crippen molar-refractivity contribution in [2.45, 2.75) is 58.4 Å². The molecule has 0 bridgehead atoms. The van der Waals surface area contributed by atoms with Gasteiger partial charge in [-0.2, -0.15) is 13.2 Å². The molecule has 3 aromatic heterocycles. The molecule has 1 saturated heterocycles. The van der Waals surface area contributed by atoms with Crippen LogP contribution in [0.2, 0.25) is 0 Å². The highest BCUT2D eigenvalue weighted by molar-refractivity contribution is 5.61. The van der Waals surface area contributed by atoms with Gasteiger partial charge in [-0.25, -0.2) is 15.0 Å². The molecular formula is C32H36F3N7. The number of aryl methyl sites for hydroxylation is 1. The lowest BCUT2D eigenvalue weighted by Crippen LogP contribution is -2.47. The van der Waals surface area contributed by atoms with E-state index in [1.807, 2.05) is 43.3 Å². The van der Waals surface area contributed by atoms with E-state index in [2.05, 4.69) is 39.7 Å². The fraction of sp³-hybridized carbons (Fsp3) is 0.375. The Morgan fingerprint density at radius 2 is 1.64 bits per heavy atom. The van der Waals surface area contributed by atoms with Crippen molar-refractivity contribution in [2.24, 2.45) is 0 Å². The minimum Gasteiger partial charge on any atom is -0.333 e. The van der Waals surface area contributed by atoms with E-state index in [0.29, 0.717) is 29.8 Å². The standard InChI is InChI=1S/C32H36F3N7/c1-22(2)41-17-13-27(14-18-41)42(21-24-5-10-30(38-20-24)40(4)28-11-15-36-23(3)19-28)31-37-16-12-29(39-31)25-6-8-26(9-7-25)32(33,34)35/h5-12,15-16,19-20,22,27H,13-14,17-18,21H2,1-4H3. The lowest BCUT2D eigenvalue weighted by atomic mass is 10.0. The smallest absolute Gasteiger partial charge is 0.333 e. The highest BCUT2D eigenvalue weighted by atomic mass is 19.4. The van der Waals surface area contributed by atoms with E-state index in [9.17, 15) is 13.2 Å². The van der Waals surface area contributed by atoms with Crippen LogP contribution in [0.3, 0.4) is 0 Å². The summed E-state index contributed by atoms with van der Waals surface area (Å²) in [5.74, 6) is 1.38. The predicted octanol–water partition coefficient (Wildman–Crippen LogP) is 6.91. The van der Waals surface area contributed by atoms with E-state index in [-0.39, 0.29) is 6.04 Å². The number of pyridine rings is 2. The molecule has 1 aliphatic heterocycles. The topological polar surface area (TPSA) is 61.3 Å². The van der Waals surface area contributed by atoms with Crippen molar-refractivity contribution in [1.29, 1.82) is 0 Å².